The molecule has 0 saturated heterocycles. The molecule has 0 radical (unpaired) electrons. The predicted molar refractivity (Wildman–Crippen MR) is 88.6 cm³/mol. The SMILES string of the molecule is Cc1cc2ccccc2[cH-]1.Cc1cc2ccccc2[cH-]1.[Cr+2]. The van der Waals surface area contributed by atoms with Crippen molar-refractivity contribution in [2.75, 3.05) is 0 Å². The number of benzene rings is 2. The van der Waals surface area contributed by atoms with E-state index in [1.807, 2.05) is 0 Å². The number of hydrogen-bond donors (Lipinski definition) is 0. The first-order valence-corrected chi connectivity index (χ1v) is 6.96. The second-order valence-electron chi connectivity index (χ2n) is 5.32. The summed E-state index contributed by atoms with van der Waals surface area (Å²) in [5.74, 6) is 0. The number of hydrogen-bond acceptors (Lipinski definition) is 0. The molecular formula is C20H18Cr. The molecular weight excluding hydrogens is 292 g/mol. The standard InChI is InChI=1S/2C10H9.Cr/c2*1-8-6-9-4-2-3-5-10(9)7-8;/h2*2-7H,1H3;/q2*-1;+2. The quantitative estimate of drug-likeness (QED) is 0.364. The summed E-state index contributed by atoms with van der Waals surface area (Å²) in [5.41, 5.74) is 2.70. The molecule has 0 fully saturated rings. The fraction of sp³-hybridized carbons (Fsp3) is 0.100. The van der Waals surface area contributed by atoms with Gasteiger partial charge in [0.25, 0.3) is 0 Å². The Labute approximate surface area is 136 Å². The van der Waals surface area contributed by atoms with Crippen molar-refractivity contribution in [2.24, 2.45) is 0 Å². The molecule has 0 aliphatic heterocycles. The molecule has 0 heterocycles. The van der Waals surface area contributed by atoms with Gasteiger partial charge < -0.3 is 0 Å². The Morgan fingerprint density at radius 3 is 1.38 bits per heavy atom. The van der Waals surface area contributed by atoms with Gasteiger partial charge in [0.15, 0.2) is 0 Å². The molecule has 0 aliphatic rings. The van der Waals surface area contributed by atoms with E-state index >= 15 is 0 Å². The van der Waals surface area contributed by atoms with Gasteiger partial charge in [0.2, 0.25) is 0 Å². The van der Waals surface area contributed by atoms with Crippen molar-refractivity contribution in [3.05, 3.63) is 83.9 Å². The van der Waals surface area contributed by atoms with E-state index in [1.54, 1.807) is 0 Å². The molecule has 104 valence electrons. The molecule has 0 unspecified atom stereocenters. The first kappa shape index (κ1) is 15.6. The van der Waals surface area contributed by atoms with E-state index in [0.29, 0.717) is 0 Å². The van der Waals surface area contributed by atoms with E-state index < -0.39 is 0 Å². The van der Waals surface area contributed by atoms with Crippen LogP contribution in [0.3, 0.4) is 0 Å². The Kier molecular flexibility index (Phi) is 5.02. The van der Waals surface area contributed by atoms with Crippen LogP contribution < -0.4 is 0 Å². The van der Waals surface area contributed by atoms with E-state index in [0.717, 1.165) is 0 Å². The van der Waals surface area contributed by atoms with Crippen molar-refractivity contribution < 1.29 is 17.4 Å². The van der Waals surface area contributed by atoms with Crippen LogP contribution in [0.4, 0.5) is 0 Å². The summed E-state index contributed by atoms with van der Waals surface area (Å²) in [6.45, 7) is 4.25. The van der Waals surface area contributed by atoms with Crippen molar-refractivity contribution in [3.63, 3.8) is 0 Å². The minimum absolute atomic E-state index is 0. The van der Waals surface area contributed by atoms with Crippen molar-refractivity contribution >= 4 is 21.5 Å². The van der Waals surface area contributed by atoms with E-state index in [2.05, 4.69) is 86.6 Å². The van der Waals surface area contributed by atoms with Gasteiger partial charge >= 0.3 is 17.4 Å². The molecule has 0 amide bonds. The zero-order valence-electron chi connectivity index (χ0n) is 12.3. The zero-order valence-corrected chi connectivity index (χ0v) is 13.6. The van der Waals surface area contributed by atoms with Gasteiger partial charge in [-0.3, -0.25) is 0 Å². The zero-order chi connectivity index (χ0) is 13.9. The van der Waals surface area contributed by atoms with Gasteiger partial charge in [0, 0.05) is 0 Å². The van der Waals surface area contributed by atoms with E-state index in [9.17, 15) is 0 Å². The minimum Gasteiger partial charge on any atom is -0.165 e. The van der Waals surface area contributed by atoms with Crippen molar-refractivity contribution in [2.45, 2.75) is 13.8 Å². The van der Waals surface area contributed by atoms with Crippen molar-refractivity contribution in [3.8, 4) is 0 Å². The molecule has 0 bridgehead atoms. The molecule has 21 heavy (non-hydrogen) atoms. The molecule has 0 aromatic heterocycles. The summed E-state index contributed by atoms with van der Waals surface area (Å²) in [6, 6.07) is 25.7. The summed E-state index contributed by atoms with van der Waals surface area (Å²) >= 11 is 0. The second kappa shape index (κ2) is 6.77. The summed E-state index contributed by atoms with van der Waals surface area (Å²) in [5, 5.41) is 5.39. The smallest absolute Gasteiger partial charge is 0.165 e. The van der Waals surface area contributed by atoms with Gasteiger partial charge in [-0.05, 0) is 0 Å². The first-order valence-electron chi connectivity index (χ1n) is 6.96. The molecule has 0 nitrogen and oxygen atoms in total. The van der Waals surface area contributed by atoms with E-state index in [1.165, 1.54) is 32.7 Å². The van der Waals surface area contributed by atoms with Gasteiger partial charge in [-0.1, -0.05) is 26.0 Å². The predicted octanol–water partition coefficient (Wildman–Crippen LogP) is 5.73. The average molecular weight is 310 g/mol. The summed E-state index contributed by atoms with van der Waals surface area (Å²) in [7, 11) is 0. The number of aryl methyl sites for hydroxylation is 2. The first-order chi connectivity index (χ1) is 9.72. The summed E-state index contributed by atoms with van der Waals surface area (Å²) in [4.78, 5) is 0. The molecule has 4 aromatic carbocycles. The van der Waals surface area contributed by atoms with Crippen LogP contribution >= 0.6 is 0 Å². The Balaban J connectivity index is 0.000000147. The molecule has 0 aliphatic carbocycles. The normalized spacial score (nSPS) is 10.0. The molecule has 0 atom stereocenters. The fourth-order valence-electron chi connectivity index (χ4n) is 2.61. The van der Waals surface area contributed by atoms with Crippen LogP contribution in [0.5, 0.6) is 0 Å². The van der Waals surface area contributed by atoms with Crippen molar-refractivity contribution in [1.29, 1.82) is 0 Å². The Morgan fingerprint density at radius 1 is 0.619 bits per heavy atom. The minimum atomic E-state index is 0. The van der Waals surface area contributed by atoms with Gasteiger partial charge in [-0.2, -0.15) is 12.1 Å². The topological polar surface area (TPSA) is 0 Å². The third-order valence-corrected chi connectivity index (χ3v) is 3.52. The van der Waals surface area contributed by atoms with E-state index in [-0.39, 0.29) is 17.4 Å². The maximum Gasteiger partial charge on any atom is 2.00 e. The molecule has 0 N–H and O–H groups in total. The molecule has 0 spiro atoms. The van der Waals surface area contributed by atoms with Gasteiger partial charge in [0.05, 0.1) is 0 Å². The fourth-order valence-corrected chi connectivity index (χ4v) is 2.61. The second-order valence-corrected chi connectivity index (χ2v) is 5.32. The Bertz CT molecular complexity index is 695. The molecule has 4 aromatic rings. The maximum absolute atomic E-state index is 2.20. The third-order valence-electron chi connectivity index (χ3n) is 3.52. The largest absolute Gasteiger partial charge is 2.00 e. The molecule has 0 saturated carbocycles. The van der Waals surface area contributed by atoms with Crippen LogP contribution in [0.2, 0.25) is 0 Å². The summed E-state index contributed by atoms with van der Waals surface area (Å²) in [6.07, 6.45) is 0. The van der Waals surface area contributed by atoms with E-state index in [4.69, 9.17) is 0 Å². The van der Waals surface area contributed by atoms with Crippen molar-refractivity contribution in [1.82, 2.24) is 0 Å². The number of fused-ring (bicyclic) bond motifs is 2. The maximum atomic E-state index is 2.20. The van der Waals surface area contributed by atoms with Gasteiger partial charge in [0.1, 0.15) is 0 Å². The van der Waals surface area contributed by atoms with Crippen LogP contribution in [0, 0.1) is 13.8 Å². The Morgan fingerprint density at radius 2 is 1.00 bits per heavy atom. The van der Waals surface area contributed by atoms with Crippen LogP contribution in [0.1, 0.15) is 11.1 Å². The van der Waals surface area contributed by atoms with Crippen LogP contribution in [-0.4, -0.2) is 0 Å². The average Bonchev–Trinajstić information content (AvgIpc) is 2.99. The third kappa shape index (κ3) is 3.64. The van der Waals surface area contributed by atoms with Crippen LogP contribution in [-0.2, 0) is 17.4 Å². The van der Waals surface area contributed by atoms with Gasteiger partial charge in [-0.15, -0.1) is 81.2 Å². The molecule has 1 heteroatoms. The Hall–Kier alpha value is -1.81. The molecule has 4 rings (SSSR count). The van der Waals surface area contributed by atoms with Gasteiger partial charge in [-0.25, -0.2) is 0 Å². The van der Waals surface area contributed by atoms with Crippen LogP contribution in [0.25, 0.3) is 21.5 Å². The number of rotatable bonds is 0. The summed E-state index contributed by atoms with van der Waals surface area (Å²) < 4.78 is 0. The van der Waals surface area contributed by atoms with Crippen LogP contribution in [0.15, 0.2) is 72.8 Å². The monoisotopic (exact) mass is 310 g/mol.